The zero-order valence-corrected chi connectivity index (χ0v) is 20.3. The first kappa shape index (κ1) is 25.0. The molecule has 1 aromatic heterocycles. The average Bonchev–Trinajstić information content (AvgIpc) is 3.22. The van der Waals surface area contributed by atoms with Crippen molar-refractivity contribution in [3.05, 3.63) is 94.4 Å². The number of halogens is 1. The Hall–Kier alpha value is -2.60. The van der Waals surface area contributed by atoms with E-state index >= 15 is 0 Å². The molecule has 0 atom stereocenters. The van der Waals surface area contributed by atoms with Gasteiger partial charge in [-0.15, -0.1) is 0 Å². The molecule has 2 aromatic carbocycles. The van der Waals surface area contributed by atoms with Gasteiger partial charge in [-0.2, -0.15) is 0 Å². The molecule has 3 aromatic rings. The average molecular weight is 469 g/mol. The molecule has 5 nitrogen and oxygen atoms in total. The molecule has 176 valence electrons. The first-order valence-electron chi connectivity index (χ1n) is 11.4. The molecule has 0 saturated heterocycles. The van der Waals surface area contributed by atoms with Crippen molar-refractivity contribution in [2.24, 2.45) is 0 Å². The second-order valence-electron chi connectivity index (χ2n) is 8.25. The third-order valence-corrected chi connectivity index (χ3v) is 5.72. The summed E-state index contributed by atoms with van der Waals surface area (Å²) in [4.78, 5) is 17.5. The standard InChI is InChI=1S/C27H33ClN2O3/c1-22-12-13-26(33-22)20-30(16-14-23-8-4-3-5-9-23)27(31)21-29(15-7-17-32-2)19-24-10-6-11-25(28)18-24/h3-6,8-13,18H,7,14-17,19-21H2,1-2H3. The quantitative estimate of drug-likeness (QED) is 0.317. The first-order valence-corrected chi connectivity index (χ1v) is 11.7. The molecule has 0 bridgehead atoms. The molecule has 0 aliphatic carbocycles. The smallest absolute Gasteiger partial charge is 0.237 e. The normalized spacial score (nSPS) is 11.2. The Balaban J connectivity index is 1.70. The van der Waals surface area contributed by atoms with Crippen LogP contribution in [0.5, 0.6) is 0 Å². The third kappa shape index (κ3) is 8.69. The zero-order valence-electron chi connectivity index (χ0n) is 19.5. The molecule has 0 aliphatic heterocycles. The van der Waals surface area contributed by atoms with E-state index in [4.69, 9.17) is 20.8 Å². The van der Waals surface area contributed by atoms with E-state index in [0.29, 0.717) is 37.8 Å². The summed E-state index contributed by atoms with van der Waals surface area (Å²) in [5.74, 6) is 1.73. The van der Waals surface area contributed by atoms with Gasteiger partial charge in [0.1, 0.15) is 11.5 Å². The summed E-state index contributed by atoms with van der Waals surface area (Å²) in [5, 5.41) is 0.702. The number of methoxy groups -OCH3 is 1. The predicted octanol–water partition coefficient (Wildman–Crippen LogP) is 5.35. The summed E-state index contributed by atoms with van der Waals surface area (Å²) in [6.07, 6.45) is 1.65. The predicted molar refractivity (Wildman–Crippen MR) is 132 cm³/mol. The molecule has 0 fully saturated rings. The number of hydrogen-bond acceptors (Lipinski definition) is 4. The van der Waals surface area contributed by atoms with Crippen molar-refractivity contribution in [1.29, 1.82) is 0 Å². The van der Waals surface area contributed by atoms with Crippen LogP contribution < -0.4 is 0 Å². The Kier molecular flexibility index (Phi) is 10.0. The Morgan fingerprint density at radius 1 is 0.970 bits per heavy atom. The van der Waals surface area contributed by atoms with Gasteiger partial charge in [0, 0.05) is 38.4 Å². The van der Waals surface area contributed by atoms with E-state index < -0.39 is 0 Å². The second kappa shape index (κ2) is 13.2. The highest BCUT2D eigenvalue weighted by Crippen LogP contribution is 2.15. The van der Waals surface area contributed by atoms with Crippen LogP contribution in [0.2, 0.25) is 5.02 Å². The third-order valence-electron chi connectivity index (χ3n) is 5.49. The lowest BCUT2D eigenvalue weighted by Crippen LogP contribution is -2.41. The molecule has 0 N–H and O–H groups in total. The second-order valence-corrected chi connectivity index (χ2v) is 8.69. The Bertz CT molecular complexity index is 990. The largest absolute Gasteiger partial charge is 0.464 e. The van der Waals surface area contributed by atoms with Gasteiger partial charge >= 0.3 is 0 Å². The van der Waals surface area contributed by atoms with Crippen LogP contribution >= 0.6 is 11.6 Å². The molecule has 1 heterocycles. The van der Waals surface area contributed by atoms with Crippen molar-refractivity contribution in [1.82, 2.24) is 9.80 Å². The number of furan rings is 1. The van der Waals surface area contributed by atoms with E-state index in [-0.39, 0.29) is 5.91 Å². The van der Waals surface area contributed by atoms with Crippen LogP contribution in [0.3, 0.4) is 0 Å². The number of carbonyl (C=O) groups is 1. The number of carbonyl (C=O) groups excluding carboxylic acids is 1. The fourth-order valence-corrected chi connectivity index (χ4v) is 4.00. The number of rotatable bonds is 13. The summed E-state index contributed by atoms with van der Waals surface area (Å²) in [5.41, 5.74) is 2.30. The fourth-order valence-electron chi connectivity index (χ4n) is 3.79. The first-order chi connectivity index (χ1) is 16.0. The molecule has 0 aliphatic rings. The van der Waals surface area contributed by atoms with Crippen molar-refractivity contribution in [3.8, 4) is 0 Å². The minimum Gasteiger partial charge on any atom is -0.464 e. The molecule has 33 heavy (non-hydrogen) atoms. The lowest BCUT2D eigenvalue weighted by molar-refractivity contribution is -0.133. The monoisotopic (exact) mass is 468 g/mol. The number of amides is 1. The Morgan fingerprint density at radius 3 is 2.45 bits per heavy atom. The van der Waals surface area contributed by atoms with Gasteiger partial charge < -0.3 is 14.1 Å². The van der Waals surface area contributed by atoms with Crippen LogP contribution in [0.25, 0.3) is 0 Å². The van der Waals surface area contributed by atoms with E-state index in [9.17, 15) is 4.79 Å². The van der Waals surface area contributed by atoms with Gasteiger partial charge in [-0.3, -0.25) is 9.69 Å². The van der Waals surface area contributed by atoms with Gasteiger partial charge in [0.05, 0.1) is 13.1 Å². The highest BCUT2D eigenvalue weighted by Gasteiger charge is 2.19. The van der Waals surface area contributed by atoms with Crippen LogP contribution in [0.1, 0.15) is 29.1 Å². The van der Waals surface area contributed by atoms with Crippen molar-refractivity contribution < 1.29 is 13.9 Å². The number of benzene rings is 2. The van der Waals surface area contributed by atoms with Gasteiger partial charge in [-0.25, -0.2) is 0 Å². The van der Waals surface area contributed by atoms with Crippen molar-refractivity contribution >= 4 is 17.5 Å². The molecule has 0 saturated carbocycles. The van der Waals surface area contributed by atoms with Crippen LogP contribution in [-0.2, 0) is 29.0 Å². The molecular weight excluding hydrogens is 436 g/mol. The molecule has 0 spiro atoms. The van der Waals surface area contributed by atoms with Gasteiger partial charge in [0.15, 0.2) is 0 Å². The summed E-state index contributed by atoms with van der Waals surface area (Å²) < 4.78 is 11.0. The van der Waals surface area contributed by atoms with E-state index in [1.807, 2.05) is 66.4 Å². The highest BCUT2D eigenvalue weighted by molar-refractivity contribution is 6.30. The fraction of sp³-hybridized carbons (Fsp3) is 0.370. The molecule has 3 rings (SSSR count). The molecule has 6 heteroatoms. The van der Waals surface area contributed by atoms with Crippen molar-refractivity contribution in [2.45, 2.75) is 32.9 Å². The van der Waals surface area contributed by atoms with Gasteiger partial charge in [0.25, 0.3) is 0 Å². The maximum absolute atomic E-state index is 13.5. The SMILES string of the molecule is COCCCN(CC(=O)N(CCc1ccccc1)Cc1ccc(C)o1)Cc1cccc(Cl)c1. The summed E-state index contributed by atoms with van der Waals surface area (Å²) in [7, 11) is 1.70. The van der Waals surface area contributed by atoms with E-state index in [1.54, 1.807) is 7.11 Å². The number of nitrogens with zero attached hydrogens (tertiary/aromatic N) is 2. The summed E-state index contributed by atoms with van der Waals surface area (Å²) in [6, 6.07) is 21.9. The lowest BCUT2D eigenvalue weighted by Gasteiger charge is -2.27. The zero-order chi connectivity index (χ0) is 23.5. The van der Waals surface area contributed by atoms with E-state index in [0.717, 1.165) is 36.5 Å². The molecule has 0 unspecified atom stereocenters. The topological polar surface area (TPSA) is 45.9 Å². The van der Waals surface area contributed by atoms with Crippen LogP contribution in [-0.4, -0.2) is 49.1 Å². The highest BCUT2D eigenvalue weighted by atomic mass is 35.5. The molecular formula is C27H33ClN2O3. The number of aryl methyl sites for hydroxylation is 1. The van der Waals surface area contributed by atoms with E-state index in [2.05, 4.69) is 17.0 Å². The van der Waals surface area contributed by atoms with E-state index in [1.165, 1.54) is 5.56 Å². The maximum Gasteiger partial charge on any atom is 0.237 e. The van der Waals surface area contributed by atoms with Gasteiger partial charge in [0.2, 0.25) is 5.91 Å². The van der Waals surface area contributed by atoms with Crippen molar-refractivity contribution in [3.63, 3.8) is 0 Å². The van der Waals surface area contributed by atoms with Crippen LogP contribution in [0.4, 0.5) is 0 Å². The number of hydrogen-bond donors (Lipinski definition) is 0. The van der Waals surface area contributed by atoms with Crippen LogP contribution in [0, 0.1) is 6.92 Å². The minimum absolute atomic E-state index is 0.0828. The van der Waals surface area contributed by atoms with Crippen molar-refractivity contribution in [2.75, 3.05) is 33.4 Å². The maximum atomic E-state index is 13.5. The lowest BCUT2D eigenvalue weighted by atomic mass is 10.1. The summed E-state index contributed by atoms with van der Waals surface area (Å²) >= 11 is 6.18. The molecule has 0 radical (unpaired) electrons. The van der Waals surface area contributed by atoms with Gasteiger partial charge in [-0.05, 0) is 55.2 Å². The van der Waals surface area contributed by atoms with Gasteiger partial charge in [-0.1, -0.05) is 54.1 Å². The molecule has 1 amide bonds. The Morgan fingerprint density at radius 2 is 1.76 bits per heavy atom. The summed E-state index contributed by atoms with van der Waals surface area (Å²) in [6.45, 7) is 5.41. The minimum atomic E-state index is 0.0828. The van der Waals surface area contributed by atoms with Crippen LogP contribution in [0.15, 0.2) is 71.1 Å². The Labute approximate surface area is 201 Å². The number of ether oxygens (including phenoxy) is 1.